The average molecular weight is 518 g/mol. The minimum Gasteiger partial charge on any atom is -0.309 e. The molecular weight excluding hydrogens is 494 g/mol. The molecule has 188 valence electrons. The Morgan fingerprint density at radius 1 is 0.317 bits per heavy atom. The third-order valence-corrected chi connectivity index (χ3v) is 10.6. The number of benzene rings is 7. The lowest BCUT2D eigenvalue weighted by Gasteiger charge is -2.48. The van der Waals surface area contributed by atoms with E-state index in [0.29, 0.717) is 0 Å². The van der Waals surface area contributed by atoms with Crippen molar-refractivity contribution in [2.45, 2.75) is 10.8 Å². The summed E-state index contributed by atoms with van der Waals surface area (Å²) in [6.07, 6.45) is 0. The van der Waals surface area contributed by atoms with Gasteiger partial charge in [0.1, 0.15) is 0 Å². The second kappa shape index (κ2) is 6.59. The Balaban J connectivity index is 1.49. The van der Waals surface area contributed by atoms with Crippen LogP contribution in [0, 0.1) is 0 Å². The molecule has 7 aromatic carbocycles. The minimum absolute atomic E-state index is 0.358. The summed E-state index contributed by atoms with van der Waals surface area (Å²) in [5.74, 6) is 0. The van der Waals surface area contributed by atoms with Gasteiger partial charge in [-0.25, -0.2) is 0 Å². The van der Waals surface area contributed by atoms with Crippen molar-refractivity contribution < 1.29 is 0 Å². The van der Waals surface area contributed by atoms with Gasteiger partial charge >= 0.3 is 0 Å². The largest absolute Gasteiger partial charge is 0.309 e. The van der Waals surface area contributed by atoms with Crippen molar-refractivity contribution in [2.75, 3.05) is 0 Å². The zero-order valence-electron chi connectivity index (χ0n) is 22.2. The lowest BCUT2D eigenvalue weighted by molar-refractivity contribution is 0.469. The summed E-state index contributed by atoms with van der Waals surface area (Å²) in [5.41, 5.74) is 11.7. The molecule has 1 heterocycles. The molecule has 0 radical (unpaired) electrons. The third kappa shape index (κ3) is 1.92. The predicted molar refractivity (Wildman–Crippen MR) is 168 cm³/mol. The van der Waals surface area contributed by atoms with E-state index >= 15 is 0 Å². The molecule has 0 N–H and O–H groups in total. The maximum Gasteiger partial charge on any atom is 0.0648 e. The molecule has 0 fully saturated rings. The van der Waals surface area contributed by atoms with Gasteiger partial charge in [0.15, 0.2) is 0 Å². The molecule has 0 spiro atoms. The van der Waals surface area contributed by atoms with Gasteiger partial charge in [0, 0.05) is 16.5 Å². The molecule has 8 aromatic rings. The van der Waals surface area contributed by atoms with Crippen molar-refractivity contribution in [2.24, 2.45) is 0 Å². The molecule has 11 rings (SSSR count). The molecule has 3 aliphatic rings. The van der Waals surface area contributed by atoms with Gasteiger partial charge in [0.05, 0.1) is 21.9 Å². The number of para-hydroxylation sites is 1. The summed E-state index contributed by atoms with van der Waals surface area (Å²) in [6, 6.07) is 53.0. The van der Waals surface area contributed by atoms with E-state index in [1.54, 1.807) is 0 Å². The fraction of sp³-hybridized carbons (Fsp3) is 0.0500. The van der Waals surface area contributed by atoms with Gasteiger partial charge in [-0.05, 0) is 79.2 Å². The number of rotatable bonds is 1. The number of nitrogens with zero attached hydrogens (tertiary/aromatic N) is 1. The van der Waals surface area contributed by atoms with Gasteiger partial charge in [-0.2, -0.15) is 0 Å². The van der Waals surface area contributed by atoms with E-state index in [4.69, 9.17) is 0 Å². The number of hydrogen-bond donors (Lipinski definition) is 0. The van der Waals surface area contributed by atoms with Gasteiger partial charge in [0.2, 0.25) is 0 Å². The van der Waals surface area contributed by atoms with Crippen molar-refractivity contribution >= 4 is 43.4 Å². The van der Waals surface area contributed by atoms with Gasteiger partial charge < -0.3 is 4.57 Å². The standard InChI is InChI=1S/C40H23N/c1-2-14-26(15-3-1)41-33-22-8-20-31-37(33)38-32(21-9-23-34(38)41)40-28-17-5-11-24-10-4-16-27(35(24)28)39(31,40)29-18-6-12-25-13-7-19-30(40)36(25)29/h1-23H. The van der Waals surface area contributed by atoms with Gasteiger partial charge in [0.25, 0.3) is 0 Å². The Hall–Kier alpha value is -5.14. The Morgan fingerprint density at radius 2 is 0.683 bits per heavy atom. The van der Waals surface area contributed by atoms with Crippen LogP contribution in [0.1, 0.15) is 33.4 Å². The molecule has 0 aliphatic heterocycles. The third-order valence-electron chi connectivity index (χ3n) is 10.6. The molecule has 1 nitrogen and oxygen atoms in total. The van der Waals surface area contributed by atoms with Crippen LogP contribution in [0.2, 0.25) is 0 Å². The minimum atomic E-state index is -0.358. The highest BCUT2D eigenvalue weighted by molar-refractivity contribution is 6.20. The molecule has 0 unspecified atom stereocenters. The lowest BCUT2D eigenvalue weighted by Crippen LogP contribution is -2.47. The van der Waals surface area contributed by atoms with Crippen molar-refractivity contribution in [3.63, 3.8) is 0 Å². The highest BCUT2D eigenvalue weighted by atomic mass is 15.0. The second-order valence-electron chi connectivity index (χ2n) is 12.0. The van der Waals surface area contributed by atoms with Crippen LogP contribution < -0.4 is 0 Å². The number of hydrogen-bond acceptors (Lipinski definition) is 0. The molecule has 0 saturated carbocycles. The van der Waals surface area contributed by atoms with Crippen LogP contribution in [0.15, 0.2) is 140 Å². The van der Waals surface area contributed by atoms with Crippen LogP contribution in [0.4, 0.5) is 0 Å². The Kier molecular flexibility index (Phi) is 3.33. The zero-order valence-corrected chi connectivity index (χ0v) is 22.2. The first-order valence-corrected chi connectivity index (χ1v) is 14.5. The molecule has 0 saturated heterocycles. The monoisotopic (exact) mass is 517 g/mol. The highest BCUT2D eigenvalue weighted by Crippen LogP contribution is 2.74. The SMILES string of the molecule is c1ccc(-n2c3cccc4c3c3c(cccc32)C23c5cccc6cccc(c56)C42c2cccc4cccc3c24)cc1. The van der Waals surface area contributed by atoms with E-state index in [1.807, 2.05) is 0 Å². The van der Waals surface area contributed by atoms with E-state index in [0.717, 1.165) is 0 Å². The summed E-state index contributed by atoms with van der Waals surface area (Å²) in [4.78, 5) is 0. The van der Waals surface area contributed by atoms with Gasteiger partial charge in [-0.3, -0.25) is 0 Å². The first kappa shape index (κ1) is 20.7. The molecule has 1 heteroatoms. The van der Waals surface area contributed by atoms with Crippen LogP contribution in [0.3, 0.4) is 0 Å². The van der Waals surface area contributed by atoms with Crippen molar-refractivity contribution in [1.82, 2.24) is 4.57 Å². The van der Waals surface area contributed by atoms with Gasteiger partial charge in [-0.15, -0.1) is 0 Å². The summed E-state index contributed by atoms with van der Waals surface area (Å²) < 4.78 is 2.49. The molecule has 0 amide bonds. The van der Waals surface area contributed by atoms with E-state index in [2.05, 4.69) is 144 Å². The van der Waals surface area contributed by atoms with Crippen LogP contribution >= 0.6 is 0 Å². The Morgan fingerprint density at radius 3 is 1.10 bits per heavy atom. The summed E-state index contributed by atoms with van der Waals surface area (Å²) in [7, 11) is 0. The fourth-order valence-electron chi connectivity index (χ4n) is 9.60. The smallest absolute Gasteiger partial charge is 0.0648 e. The maximum absolute atomic E-state index is 2.49. The Labute approximate surface area is 236 Å². The molecule has 0 atom stereocenters. The fourth-order valence-corrected chi connectivity index (χ4v) is 9.60. The lowest BCUT2D eigenvalue weighted by atomic mass is 9.51. The van der Waals surface area contributed by atoms with E-state index in [-0.39, 0.29) is 10.8 Å². The Bertz CT molecular complexity index is 2240. The van der Waals surface area contributed by atoms with E-state index < -0.39 is 0 Å². The van der Waals surface area contributed by atoms with Crippen molar-refractivity contribution in [1.29, 1.82) is 0 Å². The molecule has 1 aromatic heterocycles. The molecule has 0 bridgehead atoms. The van der Waals surface area contributed by atoms with Crippen LogP contribution in [0.25, 0.3) is 49.0 Å². The van der Waals surface area contributed by atoms with Gasteiger partial charge in [-0.1, -0.05) is 115 Å². The average Bonchev–Trinajstić information content (AvgIpc) is 3.62. The van der Waals surface area contributed by atoms with Crippen molar-refractivity contribution in [3.8, 4) is 5.69 Å². The van der Waals surface area contributed by atoms with Crippen molar-refractivity contribution in [3.05, 3.63) is 173 Å². The second-order valence-corrected chi connectivity index (χ2v) is 12.0. The first-order chi connectivity index (χ1) is 20.4. The van der Waals surface area contributed by atoms with Crippen LogP contribution in [0.5, 0.6) is 0 Å². The van der Waals surface area contributed by atoms with E-state index in [9.17, 15) is 0 Å². The maximum atomic E-state index is 2.49. The topological polar surface area (TPSA) is 4.93 Å². The molecule has 3 aliphatic carbocycles. The summed E-state index contributed by atoms with van der Waals surface area (Å²) in [5, 5.41) is 8.31. The quantitative estimate of drug-likeness (QED) is 0.204. The highest BCUT2D eigenvalue weighted by Gasteiger charge is 2.68. The summed E-state index contributed by atoms with van der Waals surface area (Å²) in [6.45, 7) is 0. The zero-order chi connectivity index (χ0) is 26.5. The van der Waals surface area contributed by atoms with Crippen LogP contribution in [-0.2, 0) is 10.8 Å². The van der Waals surface area contributed by atoms with Crippen LogP contribution in [-0.4, -0.2) is 4.57 Å². The normalized spacial score (nSPS) is 20.9. The molecule has 41 heavy (non-hydrogen) atoms. The first-order valence-electron chi connectivity index (χ1n) is 14.5. The van der Waals surface area contributed by atoms with E-state index in [1.165, 1.54) is 82.4 Å². The predicted octanol–water partition coefficient (Wildman–Crippen LogP) is 9.40. The summed E-state index contributed by atoms with van der Waals surface area (Å²) >= 11 is 0. The number of aromatic nitrogens is 1. The molecular formula is C40H23N.